The van der Waals surface area contributed by atoms with Crippen LogP contribution in [0.4, 0.5) is 0 Å². The number of carbonyl (C=O) groups is 1. The van der Waals surface area contributed by atoms with Crippen LogP contribution in [-0.2, 0) is 17.6 Å². The molecule has 5 nitrogen and oxygen atoms in total. The highest BCUT2D eigenvalue weighted by atomic mass is 16.5. The van der Waals surface area contributed by atoms with Crippen LogP contribution in [0.5, 0.6) is 5.75 Å². The van der Waals surface area contributed by atoms with Gasteiger partial charge in [0.05, 0.1) is 6.61 Å². The van der Waals surface area contributed by atoms with E-state index < -0.39 is 12.1 Å². The molecule has 2 aromatic carbocycles. The van der Waals surface area contributed by atoms with E-state index >= 15 is 0 Å². The summed E-state index contributed by atoms with van der Waals surface area (Å²) in [6, 6.07) is 18.5. The lowest BCUT2D eigenvalue weighted by Crippen LogP contribution is -2.33. The number of aliphatic hydroxyl groups excluding tert-OH is 1. The fourth-order valence-corrected chi connectivity index (χ4v) is 2.61. The van der Waals surface area contributed by atoms with Crippen LogP contribution in [0.2, 0.25) is 0 Å². The van der Waals surface area contributed by atoms with Gasteiger partial charge in [0.15, 0.2) is 6.10 Å². The van der Waals surface area contributed by atoms with Crippen molar-refractivity contribution in [2.45, 2.75) is 31.8 Å². The number of ether oxygens (including phenoxy) is 1. The SMILES string of the molecule is O=C(O)C(O)CNCCCc1ccc(OCCCc2ccccc2)cc1. The number of carboxylic acid groups (broad SMARTS) is 1. The van der Waals surface area contributed by atoms with Gasteiger partial charge in [0, 0.05) is 6.54 Å². The summed E-state index contributed by atoms with van der Waals surface area (Å²) in [5, 5.41) is 20.7. The Hall–Kier alpha value is -2.37. The predicted octanol–water partition coefficient (Wildman–Crippen LogP) is 2.67. The highest BCUT2D eigenvalue weighted by molar-refractivity contribution is 5.72. The van der Waals surface area contributed by atoms with Crippen LogP contribution in [0.3, 0.4) is 0 Å². The normalized spacial score (nSPS) is 11.9. The van der Waals surface area contributed by atoms with Gasteiger partial charge in [-0.3, -0.25) is 0 Å². The average Bonchev–Trinajstić information content (AvgIpc) is 2.66. The molecule has 0 aromatic heterocycles. The Morgan fingerprint density at radius 3 is 2.31 bits per heavy atom. The van der Waals surface area contributed by atoms with E-state index in [0.717, 1.165) is 31.4 Å². The lowest BCUT2D eigenvalue weighted by molar-refractivity contribution is -0.146. The Kier molecular flexibility index (Phi) is 8.66. The summed E-state index contributed by atoms with van der Waals surface area (Å²) in [5.41, 5.74) is 2.54. The first-order valence-corrected chi connectivity index (χ1v) is 9.02. The molecule has 140 valence electrons. The molecule has 1 atom stereocenters. The molecular weight excluding hydrogens is 330 g/mol. The van der Waals surface area contributed by atoms with Gasteiger partial charge in [-0.15, -0.1) is 0 Å². The second-order valence-electron chi connectivity index (χ2n) is 6.24. The number of nitrogens with one attached hydrogen (secondary N) is 1. The molecule has 0 aliphatic carbocycles. The quantitative estimate of drug-likeness (QED) is 0.509. The number of aliphatic carboxylic acids is 1. The van der Waals surface area contributed by atoms with Gasteiger partial charge < -0.3 is 20.3 Å². The minimum absolute atomic E-state index is 0.0745. The van der Waals surface area contributed by atoms with E-state index in [1.807, 2.05) is 18.2 Å². The fourth-order valence-electron chi connectivity index (χ4n) is 2.61. The number of benzene rings is 2. The zero-order chi connectivity index (χ0) is 18.6. The topological polar surface area (TPSA) is 78.8 Å². The Labute approximate surface area is 154 Å². The van der Waals surface area contributed by atoms with E-state index in [-0.39, 0.29) is 6.54 Å². The second kappa shape index (κ2) is 11.3. The van der Waals surface area contributed by atoms with Gasteiger partial charge in [0.2, 0.25) is 0 Å². The van der Waals surface area contributed by atoms with E-state index in [9.17, 15) is 4.79 Å². The van der Waals surface area contributed by atoms with Crippen LogP contribution in [0.25, 0.3) is 0 Å². The molecule has 0 heterocycles. The molecule has 2 aromatic rings. The minimum Gasteiger partial charge on any atom is -0.494 e. The Bertz CT molecular complexity index is 643. The third kappa shape index (κ3) is 7.68. The smallest absolute Gasteiger partial charge is 0.333 e. The first kappa shape index (κ1) is 19.9. The molecule has 0 aliphatic heterocycles. The van der Waals surface area contributed by atoms with Crippen LogP contribution < -0.4 is 10.1 Å². The number of aryl methyl sites for hydroxylation is 2. The van der Waals surface area contributed by atoms with Crippen molar-refractivity contribution < 1.29 is 19.7 Å². The highest BCUT2D eigenvalue weighted by Crippen LogP contribution is 2.14. The van der Waals surface area contributed by atoms with E-state index in [2.05, 4.69) is 41.7 Å². The van der Waals surface area contributed by atoms with Crippen LogP contribution in [0.1, 0.15) is 24.0 Å². The van der Waals surface area contributed by atoms with Crippen LogP contribution in [0, 0.1) is 0 Å². The average molecular weight is 357 g/mol. The van der Waals surface area contributed by atoms with Crippen molar-refractivity contribution in [2.75, 3.05) is 19.7 Å². The molecule has 3 N–H and O–H groups in total. The van der Waals surface area contributed by atoms with Crippen molar-refractivity contribution in [1.82, 2.24) is 5.32 Å². The molecule has 26 heavy (non-hydrogen) atoms. The number of carboxylic acids is 1. The van der Waals surface area contributed by atoms with Gasteiger partial charge in [-0.05, 0) is 55.5 Å². The third-order valence-electron chi connectivity index (χ3n) is 4.09. The Balaban J connectivity index is 1.58. The first-order chi connectivity index (χ1) is 12.6. The maximum atomic E-state index is 10.5. The standard InChI is InChI=1S/C21H27NO4/c23-20(21(24)25)16-22-14-4-8-18-10-12-19(13-11-18)26-15-5-9-17-6-2-1-3-7-17/h1-3,6-7,10-13,20,22-23H,4-5,8-9,14-16H2,(H,24,25). The second-order valence-corrected chi connectivity index (χ2v) is 6.24. The molecule has 2 rings (SSSR count). The molecule has 0 aliphatic rings. The van der Waals surface area contributed by atoms with Gasteiger partial charge in [-0.1, -0.05) is 42.5 Å². The van der Waals surface area contributed by atoms with Crippen molar-refractivity contribution in [3.63, 3.8) is 0 Å². The molecular formula is C21H27NO4. The first-order valence-electron chi connectivity index (χ1n) is 9.02. The zero-order valence-electron chi connectivity index (χ0n) is 14.9. The van der Waals surface area contributed by atoms with E-state index in [1.54, 1.807) is 0 Å². The summed E-state index contributed by atoms with van der Waals surface area (Å²) >= 11 is 0. The Morgan fingerprint density at radius 1 is 0.962 bits per heavy atom. The van der Waals surface area contributed by atoms with Crippen molar-refractivity contribution in [1.29, 1.82) is 0 Å². The van der Waals surface area contributed by atoms with E-state index in [4.69, 9.17) is 14.9 Å². The van der Waals surface area contributed by atoms with Gasteiger partial charge in [-0.2, -0.15) is 0 Å². The largest absolute Gasteiger partial charge is 0.494 e. The van der Waals surface area contributed by atoms with Crippen molar-refractivity contribution in [2.24, 2.45) is 0 Å². The third-order valence-corrected chi connectivity index (χ3v) is 4.09. The van der Waals surface area contributed by atoms with E-state index in [1.165, 1.54) is 11.1 Å². The molecule has 0 amide bonds. The molecule has 0 saturated heterocycles. The minimum atomic E-state index is -1.34. The lowest BCUT2D eigenvalue weighted by atomic mass is 10.1. The van der Waals surface area contributed by atoms with Crippen LogP contribution >= 0.6 is 0 Å². The molecule has 0 bridgehead atoms. The summed E-state index contributed by atoms with van der Waals surface area (Å²) in [5.74, 6) is -0.318. The van der Waals surface area contributed by atoms with Crippen molar-refractivity contribution in [3.05, 3.63) is 65.7 Å². The number of hydrogen-bond donors (Lipinski definition) is 3. The zero-order valence-corrected chi connectivity index (χ0v) is 14.9. The number of hydrogen-bond acceptors (Lipinski definition) is 4. The van der Waals surface area contributed by atoms with E-state index in [0.29, 0.717) is 13.2 Å². The summed E-state index contributed by atoms with van der Waals surface area (Å²) in [7, 11) is 0. The number of aliphatic hydroxyl groups is 1. The summed E-state index contributed by atoms with van der Waals surface area (Å²) < 4.78 is 5.78. The van der Waals surface area contributed by atoms with Crippen LogP contribution in [-0.4, -0.2) is 42.0 Å². The predicted molar refractivity (Wildman–Crippen MR) is 102 cm³/mol. The molecule has 0 spiro atoms. The molecule has 5 heteroatoms. The lowest BCUT2D eigenvalue weighted by Gasteiger charge is -2.09. The fraction of sp³-hybridized carbons (Fsp3) is 0.381. The van der Waals surface area contributed by atoms with Crippen molar-refractivity contribution >= 4 is 5.97 Å². The van der Waals surface area contributed by atoms with Gasteiger partial charge in [-0.25, -0.2) is 4.79 Å². The van der Waals surface area contributed by atoms with Gasteiger partial charge >= 0.3 is 5.97 Å². The van der Waals surface area contributed by atoms with Crippen molar-refractivity contribution in [3.8, 4) is 5.75 Å². The van der Waals surface area contributed by atoms with Gasteiger partial charge in [0.25, 0.3) is 0 Å². The Morgan fingerprint density at radius 2 is 1.62 bits per heavy atom. The molecule has 0 radical (unpaired) electrons. The van der Waals surface area contributed by atoms with Crippen LogP contribution in [0.15, 0.2) is 54.6 Å². The number of rotatable bonds is 12. The summed E-state index contributed by atoms with van der Waals surface area (Å²) in [6.07, 6.45) is 2.43. The van der Waals surface area contributed by atoms with Gasteiger partial charge in [0.1, 0.15) is 5.75 Å². The maximum absolute atomic E-state index is 10.5. The monoisotopic (exact) mass is 357 g/mol. The molecule has 1 unspecified atom stereocenters. The summed E-state index contributed by atoms with van der Waals surface area (Å²) in [6.45, 7) is 1.44. The molecule has 0 saturated carbocycles. The summed E-state index contributed by atoms with van der Waals surface area (Å²) in [4.78, 5) is 10.5. The highest BCUT2D eigenvalue weighted by Gasteiger charge is 2.11. The maximum Gasteiger partial charge on any atom is 0.333 e. The molecule has 0 fully saturated rings.